The van der Waals surface area contributed by atoms with Gasteiger partial charge < -0.3 is 10.2 Å². The molecule has 19 heavy (non-hydrogen) atoms. The van der Waals surface area contributed by atoms with Crippen LogP contribution in [0.15, 0.2) is 35.4 Å². The van der Waals surface area contributed by atoms with Crippen molar-refractivity contribution in [3.05, 3.63) is 35.9 Å². The molecule has 0 aromatic heterocycles. The predicted octanol–water partition coefficient (Wildman–Crippen LogP) is 1.73. The number of hydrogen-bond acceptors (Lipinski definition) is 3. The van der Waals surface area contributed by atoms with Crippen LogP contribution in [-0.2, 0) is 6.54 Å². The van der Waals surface area contributed by atoms with Crippen LogP contribution in [0.1, 0.15) is 18.4 Å². The number of piperidine rings is 1. The van der Waals surface area contributed by atoms with Crippen molar-refractivity contribution in [3.63, 3.8) is 0 Å². The highest BCUT2D eigenvalue weighted by atomic mass is 32.1. The number of hydrazone groups is 1. The molecule has 1 saturated heterocycles. The largest absolute Gasteiger partial charge is 0.357 e. The smallest absolute Gasteiger partial charge is 0.187 e. The van der Waals surface area contributed by atoms with Crippen LogP contribution >= 0.6 is 12.2 Å². The molecule has 2 rings (SSSR count). The van der Waals surface area contributed by atoms with Gasteiger partial charge in [-0.05, 0) is 24.8 Å². The van der Waals surface area contributed by atoms with Gasteiger partial charge in [-0.25, -0.2) is 0 Å². The van der Waals surface area contributed by atoms with Crippen molar-refractivity contribution in [2.24, 2.45) is 5.10 Å². The summed E-state index contributed by atoms with van der Waals surface area (Å²) in [5.74, 6) is 0. The zero-order valence-corrected chi connectivity index (χ0v) is 12.0. The maximum absolute atomic E-state index is 5.21. The van der Waals surface area contributed by atoms with Crippen molar-refractivity contribution >= 4 is 23.0 Å². The van der Waals surface area contributed by atoms with Crippen LogP contribution in [0.2, 0.25) is 0 Å². The fourth-order valence-electron chi connectivity index (χ4n) is 1.94. The predicted molar refractivity (Wildman–Crippen MR) is 83.2 cm³/mol. The Kier molecular flexibility index (Phi) is 5.30. The lowest BCUT2D eigenvalue weighted by molar-refractivity contribution is 0.335. The zero-order chi connectivity index (χ0) is 13.5. The zero-order valence-electron chi connectivity index (χ0n) is 11.2. The van der Waals surface area contributed by atoms with Gasteiger partial charge in [0.1, 0.15) is 0 Å². The summed E-state index contributed by atoms with van der Waals surface area (Å²) in [6.45, 7) is 2.87. The van der Waals surface area contributed by atoms with Gasteiger partial charge in [-0.1, -0.05) is 30.3 Å². The molecule has 1 aromatic rings. The van der Waals surface area contributed by atoms with Gasteiger partial charge in [0.2, 0.25) is 0 Å². The van der Waals surface area contributed by atoms with E-state index in [0.717, 1.165) is 32.5 Å². The van der Waals surface area contributed by atoms with E-state index in [2.05, 4.69) is 39.9 Å². The maximum atomic E-state index is 5.21. The molecule has 2 N–H and O–H groups in total. The van der Waals surface area contributed by atoms with Gasteiger partial charge in [0.25, 0.3) is 0 Å². The summed E-state index contributed by atoms with van der Waals surface area (Å²) in [6.07, 6.45) is 2.04. The first-order valence-corrected chi connectivity index (χ1v) is 6.96. The molecule has 0 aliphatic carbocycles. The Hall–Kier alpha value is -1.46. The highest BCUT2D eigenvalue weighted by Gasteiger charge is 2.10. The van der Waals surface area contributed by atoms with Crippen molar-refractivity contribution in [1.82, 2.24) is 15.6 Å². The van der Waals surface area contributed by atoms with E-state index in [1.807, 2.05) is 18.2 Å². The lowest BCUT2D eigenvalue weighted by Gasteiger charge is -2.22. The summed E-state index contributed by atoms with van der Waals surface area (Å²) in [7, 11) is 2.14. The van der Waals surface area contributed by atoms with Crippen LogP contribution in [-0.4, -0.2) is 35.9 Å². The van der Waals surface area contributed by atoms with Crippen LogP contribution in [0.25, 0.3) is 0 Å². The Morgan fingerprint density at radius 2 is 1.95 bits per heavy atom. The molecule has 1 aromatic carbocycles. The number of likely N-dealkylation sites (tertiary alicyclic amines) is 1. The molecule has 1 aliphatic heterocycles. The average molecular weight is 276 g/mol. The normalized spacial score (nSPS) is 15.9. The van der Waals surface area contributed by atoms with E-state index >= 15 is 0 Å². The summed E-state index contributed by atoms with van der Waals surface area (Å²) in [4.78, 5) is 2.31. The van der Waals surface area contributed by atoms with Gasteiger partial charge in [0, 0.05) is 38.2 Å². The average Bonchev–Trinajstić information content (AvgIpc) is 2.45. The second-order valence-corrected chi connectivity index (χ2v) is 5.17. The second-order valence-electron chi connectivity index (χ2n) is 4.76. The van der Waals surface area contributed by atoms with Gasteiger partial charge in [-0.3, -0.25) is 5.43 Å². The van der Waals surface area contributed by atoms with Crippen LogP contribution in [0.5, 0.6) is 0 Å². The fourth-order valence-corrected chi connectivity index (χ4v) is 2.05. The lowest BCUT2D eigenvalue weighted by Crippen LogP contribution is -2.35. The molecule has 0 amide bonds. The molecule has 5 heteroatoms. The number of benzene rings is 1. The Labute approximate surface area is 119 Å². The minimum atomic E-state index is 0.579. The van der Waals surface area contributed by atoms with Crippen LogP contribution < -0.4 is 10.7 Å². The summed E-state index contributed by atoms with van der Waals surface area (Å²) in [5, 5.41) is 8.10. The third-order valence-electron chi connectivity index (χ3n) is 3.18. The Morgan fingerprint density at radius 1 is 1.26 bits per heavy atom. The van der Waals surface area contributed by atoms with E-state index in [-0.39, 0.29) is 0 Å². The molecular formula is C14H20N4S. The number of thiocarbonyl (C=S) groups is 1. The van der Waals surface area contributed by atoms with Gasteiger partial charge in [0.15, 0.2) is 5.11 Å². The molecule has 1 heterocycles. The van der Waals surface area contributed by atoms with Crippen molar-refractivity contribution in [2.45, 2.75) is 19.4 Å². The number of nitrogens with one attached hydrogen (secondary N) is 2. The van der Waals surface area contributed by atoms with Crippen molar-refractivity contribution in [2.75, 3.05) is 20.1 Å². The summed E-state index contributed by atoms with van der Waals surface area (Å²) < 4.78 is 0. The summed E-state index contributed by atoms with van der Waals surface area (Å²) >= 11 is 5.21. The number of nitrogens with zero attached hydrogens (tertiary/aromatic N) is 2. The molecular weight excluding hydrogens is 256 g/mol. The van der Waals surface area contributed by atoms with Gasteiger partial charge in [-0.2, -0.15) is 5.10 Å². The monoisotopic (exact) mass is 276 g/mol. The standard InChI is InChI=1S/C14H20N4S/c1-18-9-7-13(8-10-18)16-17-14(19)15-11-12-5-3-2-4-6-12/h2-6H,7-11H2,1H3,(H2,15,17,19). The minimum absolute atomic E-state index is 0.579. The van der Waals surface area contributed by atoms with Crippen LogP contribution in [0.4, 0.5) is 0 Å². The molecule has 0 bridgehead atoms. The van der Waals surface area contributed by atoms with Gasteiger partial charge in [-0.15, -0.1) is 0 Å². The SMILES string of the molecule is CN1CCC(=NNC(=S)NCc2ccccc2)CC1. The van der Waals surface area contributed by atoms with Crippen LogP contribution in [0.3, 0.4) is 0 Å². The van der Waals surface area contributed by atoms with Gasteiger partial charge in [0.05, 0.1) is 0 Å². The minimum Gasteiger partial charge on any atom is -0.357 e. The first kappa shape index (κ1) is 14.0. The van der Waals surface area contributed by atoms with Crippen LogP contribution in [0, 0.1) is 0 Å². The van der Waals surface area contributed by atoms with Crippen molar-refractivity contribution < 1.29 is 0 Å². The summed E-state index contributed by atoms with van der Waals surface area (Å²) in [5.41, 5.74) is 5.33. The molecule has 0 spiro atoms. The third kappa shape index (κ3) is 4.96. The van der Waals surface area contributed by atoms with E-state index in [1.54, 1.807) is 0 Å². The molecule has 1 fully saturated rings. The fraction of sp³-hybridized carbons (Fsp3) is 0.429. The number of rotatable bonds is 3. The van der Waals surface area contributed by atoms with E-state index in [9.17, 15) is 0 Å². The maximum Gasteiger partial charge on any atom is 0.187 e. The number of hydrogen-bond donors (Lipinski definition) is 2. The molecule has 102 valence electrons. The second kappa shape index (κ2) is 7.21. The third-order valence-corrected chi connectivity index (χ3v) is 3.41. The highest BCUT2D eigenvalue weighted by molar-refractivity contribution is 7.80. The Morgan fingerprint density at radius 3 is 2.63 bits per heavy atom. The Bertz CT molecular complexity index is 434. The van der Waals surface area contributed by atoms with E-state index < -0.39 is 0 Å². The highest BCUT2D eigenvalue weighted by Crippen LogP contribution is 2.04. The molecule has 0 atom stereocenters. The first-order valence-electron chi connectivity index (χ1n) is 6.56. The van der Waals surface area contributed by atoms with E-state index in [1.165, 1.54) is 11.3 Å². The molecule has 0 radical (unpaired) electrons. The van der Waals surface area contributed by atoms with Crippen molar-refractivity contribution in [3.8, 4) is 0 Å². The molecule has 4 nitrogen and oxygen atoms in total. The van der Waals surface area contributed by atoms with Gasteiger partial charge >= 0.3 is 0 Å². The van der Waals surface area contributed by atoms with E-state index in [0.29, 0.717) is 5.11 Å². The van der Waals surface area contributed by atoms with E-state index in [4.69, 9.17) is 12.2 Å². The topological polar surface area (TPSA) is 39.7 Å². The Balaban J connectivity index is 1.71. The molecule has 0 unspecified atom stereocenters. The quantitative estimate of drug-likeness (QED) is 0.651. The molecule has 1 aliphatic rings. The van der Waals surface area contributed by atoms with Crippen molar-refractivity contribution in [1.29, 1.82) is 0 Å². The first-order chi connectivity index (χ1) is 9.24. The molecule has 0 saturated carbocycles. The lowest BCUT2D eigenvalue weighted by atomic mass is 10.1. The summed E-state index contributed by atoms with van der Waals surface area (Å²) in [6, 6.07) is 10.2.